The maximum atomic E-state index is 10.5. The average molecular weight is 332 g/mol. The van der Waals surface area contributed by atoms with Gasteiger partial charge in [-0.15, -0.1) is 0 Å². The van der Waals surface area contributed by atoms with Gasteiger partial charge in [0.25, 0.3) is 0 Å². The molecule has 0 aromatic rings. The third kappa shape index (κ3) is 5.33. The van der Waals surface area contributed by atoms with Crippen LogP contribution in [0.2, 0.25) is 0 Å². The van der Waals surface area contributed by atoms with Crippen molar-refractivity contribution in [2.24, 2.45) is 0 Å². The summed E-state index contributed by atoms with van der Waals surface area (Å²) < 4.78 is 8.89. The molecular formula is C11H17NaO10. The molecule has 5 atom stereocenters. The number of hydrogen-bond acceptors (Lipinski definition) is 10. The molecule has 0 spiro atoms. The average Bonchev–Trinajstić information content (AvgIpc) is 2.72. The van der Waals surface area contributed by atoms with Crippen LogP contribution in [0.1, 0.15) is 0 Å². The van der Waals surface area contributed by atoms with Crippen molar-refractivity contribution in [1.29, 1.82) is 0 Å². The summed E-state index contributed by atoms with van der Waals surface area (Å²) in [6.45, 7) is 0.491. The second kappa shape index (κ2) is 9.65. The number of aliphatic hydroxyl groups excluding tert-OH is 7. The number of ether oxygens (including phenoxy) is 2. The number of cyclic esters (lactones) is 1. The van der Waals surface area contributed by atoms with Crippen molar-refractivity contribution >= 4 is 5.97 Å². The molecule has 10 nitrogen and oxygen atoms in total. The second-order valence-electron chi connectivity index (χ2n) is 4.33. The summed E-state index contributed by atoms with van der Waals surface area (Å²) in [6.07, 6.45) is -5.90. The van der Waals surface area contributed by atoms with Crippen LogP contribution in [0.15, 0.2) is 11.5 Å². The number of carbonyl (C=O) groups excluding carboxylic acids is 1. The van der Waals surface area contributed by atoms with Crippen LogP contribution in [0.4, 0.5) is 0 Å². The van der Waals surface area contributed by atoms with E-state index in [2.05, 4.69) is 9.47 Å². The zero-order valence-electron chi connectivity index (χ0n) is 11.7. The Bertz CT molecular complexity index is 390. The first-order valence-corrected chi connectivity index (χ1v) is 5.90. The van der Waals surface area contributed by atoms with Gasteiger partial charge in [0.05, 0.1) is 12.7 Å². The zero-order valence-corrected chi connectivity index (χ0v) is 13.7. The van der Waals surface area contributed by atoms with E-state index in [9.17, 15) is 4.79 Å². The van der Waals surface area contributed by atoms with Crippen molar-refractivity contribution in [2.45, 2.75) is 30.5 Å². The van der Waals surface area contributed by atoms with Gasteiger partial charge in [-0.2, -0.15) is 6.61 Å². The minimum atomic E-state index is -1.42. The van der Waals surface area contributed by atoms with E-state index in [-0.39, 0.29) is 36.2 Å². The fraction of sp³-hybridized carbons (Fsp3) is 0.636. The Hall–Kier alpha value is -0.430. The topological polar surface area (TPSA) is 177 Å². The molecular weight excluding hydrogens is 315 g/mol. The Morgan fingerprint density at radius 2 is 1.86 bits per heavy atom. The van der Waals surface area contributed by atoms with Crippen molar-refractivity contribution < 1.29 is 79.6 Å². The first-order chi connectivity index (χ1) is 9.79. The minimum Gasteiger partial charge on any atom is -0.548 e. The van der Waals surface area contributed by atoms with E-state index in [1.165, 1.54) is 0 Å². The number of hydrogen-bond donors (Lipinski definition) is 7. The second-order valence-corrected chi connectivity index (χ2v) is 4.33. The van der Waals surface area contributed by atoms with E-state index in [0.717, 1.165) is 6.61 Å². The summed E-state index contributed by atoms with van der Waals surface area (Å²) in [6, 6.07) is 0. The van der Waals surface area contributed by atoms with Crippen LogP contribution in [0.3, 0.4) is 0 Å². The first-order valence-electron chi connectivity index (χ1n) is 5.90. The summed E-state index contributed by atoms with van der Waals surface area (Å²) in [4.78, 5) is 10.5. The molecule has 2 aliphatic rings. The molecule has 0 amide bonds. The van der Waals surface area contributed by atoms with Gasteiger partial charge in [0.2, 0.25) is 5.76 Å². The van der Waals surface area contributed by atoms with Crippen LogP contribution in [-0.4, -0.2) is 85.4 Å². The van der Waals surface area contributed by atoms with Crippen LogP contribution in [-0.2, 0) is 14.3 Å². The van der Waals surface area contributed by atoms with Gasteiger partial charge in [-0.25, -0.2) is 4.79 Å². The maximum Gasteiger partial charge on any atom is 1.00 e. The predicted molar refractivity (Wildman–Crippen MR) is 63.5 cm³/mol. The Balaban J connectivity index is 0.000000397. The Morgan fingerprint density at radius 1 is 1.27 bits per heavy atom. The summed E-state index contributed by atoms with van der Waals surface area (Å²) in [5.74, 6) is -2.78. The molecule has 1 saturated heterocycles. The van der Waals surface area contributed by atoms with Gasteiger partial charge in [-0.05, 0) is 6.10 Å². The van der Waals surface area contributed by atoms with E-state index in [1.54, 1.807) is 0 Å². The molecule has 0 aromatic heterocycles. The van der Waals surface area contributed by atoms with Crippen LogP contribution in [0.25, 0.3) is 0 Å². The quantitative estimate of drug-likeness (QED) is 0.146. The summed E-state index contributed by atoms with van der Waals surface area (Å²) in [5, 5.41) is 61.4. The van der Waals surface area contributed by atoms with Crippen molar-refractivity contribution in [3.8, 4) is 0 Å². The van der Waals surface area contributed by atoms with Gasteiger partial charge in [0.1, 0.15) is 12.2 Å². The summed E-state index contributed by atoms with van der Waals surface area (Å²) in [5.41, 5.74) is 0. The molecule has 0 saturated carbocycles. The summed E-state index contributed by atoms with van der Waals surface area (Å²) >= 11 is 0. The molecule has 2 heterocycles. The molecule has 0 aliphatic carbocycles. The van der Waals surface area contributed by atoms with Crippen LogP contribution in [0, 0.1) is 6.61 Å². The first kappa shape index (κ1) is 21.6. The van der Waals surface area contributed by atoms with Gasteiger partial charge >= 0.3 is 35.5 Å². The normalized spacial score (nSPS) is 32.5. The molecule has 0 radical (unpaired) electrons. The molecule has 2 aliphatic heterocycles. The SMILES string of the molecule is O=C1O[C@H]([C@@H](O)CO)C(O)=C1O.O[C@H]1[C@H](O)[CH-]OC[C@H]1O.[Na+]. The molecule has 7 N–H and O–H groups in total. The van der Waals surface area contributed by atoms with Crippen molar-refractivity contribution in [3.05, 3.63) is 18.1 Å². The molecule has 0 unspecified atom stereocenters. The standard InChI is InChI=1S/C6H8O6.C5H9O4.Na/c7-1-2(8)5-3(9)4(10)6(11)12-5;6-3-1-9-2-4(7)5(3)8;/h2,5,7-10H,1H2;1,3-8H,2H2;/q;-1;+1/t2-,5+;3-,4-,5+;/m01./s1. The predicted octanol–water partition coefficient (Wildman–Crippen LogP) is -6.14. The van der Waals surface area contributed by atoms with Gasteiger partial charge in [0, 0.05) is 6.61 Å². The third-order valence-corrected chi connectivity index (χ3v) is 2.72. The zero-order chi connectivity index (χ0) is 16.2. The van der Waals surface area contributed by atoms with E-state index >= 15 is 0 Å². The maximum absolute atomic E-state index is 10.5. The fourth-order valence-corrected chi connectivity index (χ4v) is 1.48. The number of esters is 1. The number of rotatable bonds is 2. The Kier molecular flexibility index (Phi) is 9.46. The molecule has 22 heavy (non-hydrogen) atoms. The number of carbonyl (C=O) groups is 1. The van der Waals surface area contributed by atoms with E-state index in [4.69, 9.17) is 35.7 Å². The monoisotopic (exact) mass is 332 g/mol. The largest absolute Gasteiger partial charge is 1.00 e. The third-order valence-electron chi connectivity index (χ3n) is 2.72. The van der Waals surface area contributed by atoms with Crippen molar-refractivity contribution in [2.75, 3.05) is 13.2 Å². The van der Waals surface area contributed by atoms with E-state index in [1.807, 2.05) is 0 Å². The fourth-order valence-electron chi connectivity index (χ4n) is 1.48. The van der Waals surface area contributed by atoms with E-state index < -0.39 is 54.6 Å². The van der Waals surface area contributed by atoms with E-state index in [0.29, 0.717) is 0 Å². The van der Waals surface area contributed by atoms with Crippen LogP contribution in [0.5, 0.6) is 0 Å². The molecule has 1 fully saturated rings. The molecule has 0 aromatic carbocycles. The van der Waals surface area contributed by atoms with Gasteiger partial charge in [0.15, 0.2) is 11.9 Å². The van der Waals surface area contributed by atoms with Crippen molar-refractivity contribution in [1.82, 2.24) is 0 Å². The van der Waals surface area contributed by atoms with Gasteiger partial charge in [-0.3, -0.25) is 0 Å². The minimum absolute atomic E-state index is 0. The van der Waals surface area contributed by atoms with Gasteiger partial charge in [-0.1, -0.05) is 0 Å². The molecule has 122 valence electrons. The molecule has 2 rings (SSSR count). The smallest absolute Gasteiger partial charge is 0.548 e. The molecule has 11 heteroatoms. The van der Waals surface area contributed by atoms with Gasteiger partial charge < -0.3 is 45.2 Å². The Labute approximate surface area is 147 Å². The molecule has 0 bridgehead atoms. The van der Waals surface area contributed by atoms with Crippen molar-refractivity contribution in [3.63, 3.8) is 0 Å². The van der Waals surface area contributed by atoms with Crippen LogP contribution < -0.4 is 29.6 Å². The number of aliphatic hydroxyl groups is 7. The Morgan fingerprint density at radius 3 is 2.23 bits per heavy atom. The summed E-state index contributed by atoms with van der Waals surface area (Å²) in [7, 11) is 0. The van der Waals surface area contributed by atoms with Crippen LogP contribution >= 0.6 is 0 Å².